The van der Waals surface area contributed by atoms with Crippen LogP contribution in [0.5, 0.6) is 5.75 Å². The van der Waals surface area contributed by atoms with Crippen LogP contribution in [-0.4, -0.2) is 44.1 Å². The molecule has 8 heteroatoms. The van der Waals surface area contributed by atoms with Gasteiger partial charge >= 0.3 is 0 Å². The number of hydrogen-bond donors (Lipinski definition) is 1. The molecule has 0 atom stereocenters. The summed E-state index contributed by atoms with van der Waals surface area (Å²) >= 11 is 0. The van der Waals surface area contributed by atoms with Crippen molar-refractivity contribution in [3.05, 3.63) is 83.9 Å². The van der Waals surface area contributed by atoms with E-state index in [4.69, 9.17) is 11.9 Å². The number of tetrazole rings is 1. The van der Waals surface area contributed by atoms with E-state index in [-0.39, 0.29) is 0 Å². The summed E-state index contributed by atoms with van der Waals surface area (Å²) in [6.45, 7) is 1.89. The first-order valence-electron chi connectivity index (χ1n) is 12.3. The topological polar surface area (TPSA) is 97.1 Å². The van der Waals surface area contributed by atoms with Crippen LogP contribution in [0.3, 0.4) is 0 Å². The van der Waals surface area contributed by atoms with Gasteiger partial charge in [0.15, 0.2) is 5.82 Å². The van der Waals surface area contributed by atoms with Crippen molar-refractivity contribution in [2.45, 2.75) is 45.6 Å². The molecule has 34 heavy (non-hydrogen) atoms. The fourth-order valence-corrected chi connectivity index (χ4v) is 3.44. The molecule has 4 aromatic rings. The van der Waals surface area contributed by atoms with E-state index in [9.17, 15) is 4.79 Å². The van der Waals surface area contributed by atoms with Crippen molar-refractivity contribution in [2.24, 2.45) is 0 Å². The van der Waals surface area contributed by atoms with Crippen LogP contribution in [0.15, 0.2) is 71.3 Å². The fraction of sp³-hybridized carbons (Fsp3) is 0.308. The van der Waals surface area contributed by atoms with E-state index in [0.717, 1.165) is 18.4 Å². The van der Waals surface area contributed by atoms with Crippen LogP contribution in [-0.2, 0) is 12.9 Å². The highest BCUT2D eigenvalue weighted by Crippen LogP contribution is 2.24. The molecule has 0 saturated carbocycles. The SMILES string of the molecule is [2H]C([2H])(c1ccccc1OCCCCc1nn[nH]n1)N(C(=O)c1ccc(-c2ccco2)cc1)C(C)C. The maximum Gasteiger partial charge on any atom is 0.254 e. The predicted octanol–water partition coefficient (Wildman–Crippen LogP) is 4.91. The number of nitrogens with zero attached hydrogens (tertiary/aromatic N) is 4. The first-order chi connectivity index (χ1) is 17.4. The molecule has 0 fully saturated rings. The third-order valence-electron chi connectivity index (χ3n) is 5.24. The van der Waals surface area contributed by atoms with E-state index in [0.29, 0.717) is 41.5 Å². The van der Waals surface area contributed by atoms with Crippen LogP contribution in [0.4, 0.5) is 0 Å². The molecule has 1 amide bonds. The molecule has 4 rings (SSSR count). The first kappa shape index (κ1) is 20.7. The van der Waals surface area contributed by atoms with E-state index in [1.165, 1.54) is 4.90 Å². The molecule has 0 aliphatic carbocycles. The number of furan rings is 1. The highest BCUT2D eigenvalue weighted by Gasteiger charge is 2.21. The summed E-state index contributed by atoms with van der Waals surface area (Å²) in [4.78, 5) is 14.8. The van der Waals surface area contributed by atoms with Gasteiger partial charge in [-0.1, -0.05) is 35.5 Å². The number of aryl methyl sites for hydroxylation is 1. The number of hydrogen-bond acceptors (Lipinski definition) is 6. The van der Waals surface area contributed by atoms with Crippen molar-refractivity contribution in [1.82, 2.24) is 25.5 Å². The second kappa shape index (κ2) is 11.3. The second-order valence-electron chi connectivity index (χ2n) is 8.07. The van der Waals surface area contributed by atoms with Gasteiger partial charge < -0.3 is 14.1 Å². The van der Waals surface area contributed by atoms with Gasteiger partial charge in [0, 0.05) is 35.6 Å². The average molecular weight is 462 g/mol. The Kier molecular flexibility index (Phi) is 6.84. The zero-order valence-electron chi connectivity index (χ0n) is 21.3. The van der Waals surface area contributed by atoms with Crippen molar-refractivity contribution in [3.8, 4) is 17.1 Å². The van der Waals surface area contributed by atoms with Crippen LogP contribution in [0.2, 0.25) is 0 Å². The number of rotatable bonds is 11. The van der Waals surface area contributed by atoms with Crippen LogP contribution < -0.4 is 4.74 Å². The number of aromatic nitrogens is 4. The van der Waals surface area contributed by atoms with Gasteiger partial charge in [0.05, 0.1) is 15.6 Å². The average Bonchev–Trinajstić information content (AvgIpc) is 3.59. The first-order valence-corrected chi connectivity index (χ1v) is 11.3. The maximum absolute atomic E-state index is 13.5. The Morgan fingerprint density at radius 1 is 1.12 bits per heavy atom. The smallest absolute Gasteiger partial charge is 0.254 e. The van der Waals surface area contributed by atoms with Crippen molar-refractivity contribution < 1.29 is 16.7 Å². The molecule has 2 aromatic carbocycles. The Morgan fingerprint density at radius 2 is 1.94 bits per heavy atom. The molecule has 176 valence electrons. The van der Waals surface area contributed by atoms with Crippen LogP contribution in [0.25, 0.3) is 11.3 Å². The molecule has 8 nitrogen and oxygen atoms in total. The van der Waals surface area contributed by atoms with Gasteiger partial charge in [-0.2, -0.15) is 5.21 Å². The number of H-pyrrole nitrogens is 1. The van der Waals surface area contributed by atoms with Gasteiger partial charge in [-0.3, -0.25) is 4.79 Å². The van der Waals surface area contributed by atoms with Gasteiger partial charge in [0.2, 0.25) is 0 Å². The van der Waals surface area contributed by atoms with Crippen LogP contribution in [0, 0.1) is 0 Å². The van der Waals surface area contributed by atoms with Gasteiger partial charge in [-0.05, 0) is 57.0 Å². The molecular formula is C26H29N5O3. The second-order valence-corrected chi connectivity index (χ2v) is 8.07. The lowest BCUT2D eigenvalue weighted by Gasteiger charge is -2.28. The standard InChI is InChI=1S/C26H29N5O3/c1-19(2)31(26(32)21-14-12-20(13-15-21)23-10-7-17-34-23)18-22-8-3-4-9-24(22)33-16-6-5-11-25-27-29-30-28-25/h3-4,7-10,12-15,17,19H,5-6,11,16,18H2,1-2H3,(H,27,28,29,30)/i18D2. The summed E-state index contributed by atoms with van der Waals surface area (Å²) in [6.07, 6.45) is 3.81. The van der Waals surface area contributed by atoms with Gasteiger partial charge in [-0.25, -0.2) is 0 Å². The number of benzene rings is 2. The van der Waals surface area contributed by atoms with Gasteiger partial charge in [-0.15, -0.1) is 10.2 Å². The lowest BCUT2D eigenvalue weighted by molar-refractivity contribution is 0.0688. The fourth-order valence-electron chi connectivity index (χ4n) is 3.44. The highest BCUT2D eigenvalue weighted by atomic mass is 16.5. The molecule has 0 radical (unpaired) electrons. The Morgan fingerprint density at radius 3 is 2.65 bits per heavy atom. The summed E-state index contributed by atoms with van der Waals surface area (Å²) in [7, 11) is 0. The Hall–Kier alpha value is -3.94. The van der Waals surface area contributed by atoms with E-state index < -0.39 is 18.4 Å². The summed E-state index contributed by atoms with van der Waals surface area (Å²) in [6, 6.07) is 17.2. The molecule has 2 aromatic heterocycles. The third-order valence-corrected chi connectivity index (χ3v) is 5.24. The highest BCUT2D eigenvalue weighted by molar-refractivity contribution is 5.94. The van der Waals surface area contributed by atoms with Crippen molar-refractivity contribution in [3.63, 3.8) is 0 Å². The number of nitrogens with one attached hydrogen (secondary N) is 1. The molecule has 0 unspecified atom stereocenters. The van der Waals surface area contributed by atoms with E-state index in [1.807, 2.05) is 6.07 Å². The molecule has 0 saturated heterocycles. The lowest BCUT2D eigenvalue weighted by Crippen LogP contribution is -2.36. The molecule has 0 spiro atoms. The molecule has 2 heterocycles. The number of ether oxygens (including phenoxy) is 1. The van der Waals surface area contributed by atoms with Crippen molar-refractivity contribution >= 4 is 5.91 Å². The van der Waals surface area contributed by atoms with Gasteiger partial charge in [0.25, 0.3) is 5.91 Å². The largest absolute Gasteiger partial charge is 0.493 e. The van der Waals surface area contributed by atoms with Crippen molar-refractivity contribution in [2.75, 3.05) is 6.61 Å². The number of unbranched alkanes of at least 4 members (excludes halogenated alkanes) is 1. The third kappa shape index (κ3) is 5.89. The number of aromatic amines is 1. The zero-order chi connectivity index (χ0) is 25.5. The lowest BCUT2D eigenvalue weighted by atomic mass is 10.1. The van der Waals surface area contributed by atoms with Crippen LogP contribution in [0.1, 0.15) is 51.2 Å². The number of para-hydroxylation sites is 1. The molecule has 1 N–H and O–H groups in total. The Labute approximate surface area is 201 Å². The molecule has 0 aliphatic heterocycles. The zero-order valence-corrected chi connectivity index (χ0v) is 19.3. The van der Waals surface area contributed by atoms with Crippen LogP contribution >= 0.6 is 0 Å². The van der Waals surface area contributed by atoms with E-state index in [1.54, 1.807) is 74.7 Å². The minimum atomic E-state index is -2.11. The number of carbonyl (C=O) groups excluding carboxylic acids is 1. The Balaban J connectivity index is 1.49. The normalized spacial score (nSPS) is 12.3. The number of carbonyl (C=O) groups is 1. The maximum atomic E-state index is 13.5. The summed E-state index contributed by atoms with van der Waals surface area (Å²) in [5.41, 5.74) is 1.54. The molecular weight excluding hydrogens is 430 g/mol. The number of amides is 1. The van der Waals surface area contributed by atoms with Gasteiger partial charge in [0.1, 0.15) is 11.5 Å². The van der Waals surface area contributed by atoms with Crippen molar-refractivity contribution in [1.29, 1.82) is 0 Å². The summed E-state index contributed by atoms with van der Waals surface area (Å²) in [5, 5.41) is 13.8. The molecule has 0 aliphatic rings. The molecule has 0 bridgehead atoms. The summed E-state index contributed by atoms with van der Waals surface area (Å²) in [5.74, 6) is 1.35. The Bertz CT molecular complexity index is 1240. The monoisotopic (exact) mass is 461 g/mol. The predicted molar refractivity (Wildman–Crippen MR) is 128 cm³/mol. The quantitative estimate of drug-likeness (QED) is 0.319. The minimum absolute atomic E-state index is 0.303. The minimum Gasteiger partial charge on any atom is -0.493 e. The van der Waals surface area contributed by atoms with E-state index in [2.05, 4.69) is 20.6 Å². The summed E-state index contributed by atoms with van der Waals surface area (Å²) < 4.78 is 29.4. The van der Waals surface area contributed by atoms with E-state index >= 15 is 0 Å².